The van der Waals surface area contributed by atoms with Gasteiger partial charge in [0.2, 0.25) is 0 Å². The molecule has 1 atom stereocenters. The van der Waals surface area contributed by atoms with Crippen molar-refractivity contribution in [2.75, 3.05) is 19.8 Å². The van der Waals surface area contributed by atoms with E-state index in [0.717, 1.165) is 37.4 Å². The Morgan fingerprint density at radius 3 is 2.30 bits per heavy atom. The van der Waals surface area contributed by atoms with Crippen LogP contribution in [0.1, 0.15) is 52.1 Å². The van der Waals surface area contributed by atoms with Crippen LogP contribution in [0.2, 0.25) is 0 Å². The molecule has 0 bridgehead atoms. The molecule has 0 aromatic heterocycles. The van der Waals surface area contributed by atoms with Gasteiger partial charge in [-0.1, -0.05) is 39.8 Å². The maximum atomic E-state index is 6.13. The molecule has 114 valence electrons. The second-order valence-corrected chi connectivity index (χ2v) is 6.41. The van der Waals surface area contributed by atoms with Crippen molar-refractivity contribution in [3.8, 4) is 5.75 Å². The van der Waals surface area contributed by atoms with Crippen LogP contribution in [-0.2, 0) is 4.74 Å². The second kappa shape index (κ2) is 8.28. The number of hydrogen-bond donors (Lipinski definition) is 1. The lowest BCUT2D eigenvalue weighted by atomic mass is 9.93. The van der Waals surface area contributed by atoms with Crippen LogP contribution in [0.25, 0.3) is 0 Å². The Bertz CT molecular complexity index is 368. The van der Waals surface area contributed by atoms with E-state index in [1.54, 1.807) is 0 Å². The van der Waals surface area contributed by atoms with Gasteiger partial charge in [-0.05, 0) is 36.0 Å². The van der Waals surface area contributed by atoms with E-state index in [0.29, 0.717) is 12.0 Å². The zero-order chi connectivity index (χ0) is 15.0. The molecule has 2 N–H and O–H groups in total. The van der Waals surface area contributed by atoms with Crippen molar-refractivity contribution in [2.45, 2.75) is 46.6 Å². The van der Waals surface area contributed by atoms with E-state index >= 15 is 0 Å². The third-order valence-electron chi connectivity index (χ3n) is 3.07. The van der Waals surface area contributed by atoms with E-state index in [2.05, 4.69) is 27.7 Å². The lowest BCUT2D eigenvalue weighted by molar-refractivity contribution is 0.0974. The first kappa shape index (κ1) is 17.0. The summed E-state index contributed by atoms with van der Waals surface area (Å²) in [6.07, 6.45) is 2.06. The smallest absolute Gasteiger partial charge is 0.119 e. The van der Waals surface area contributed by atoms with Crippen molar-refractivity contribution in [2.24, 2.45) is 11.1 Å². The summed E-state index contributed by atoms with van der Waals surface area (Å²) in [5, 5.41) is 0. The zero-order valence-corrected chi connectivity index (χ0v) is 13.3. The number of nitrogens with two attached hydrogens (primary N) is 1. The zero-order valence-electron chi connectivity index (χ0n) is 13.3. The molecule has 0 spiro atoms. The predicted octanol–water partition coefficient (Wildman–Crippen LogP) is 3.93. The summed E-state index contributed by atoms with van der Waals surface area (Å²) < 4.78 is 11.2. The van der Waals surface area contributed by atoms with Crippen LogP contribution in [0.3, 0.4) is 0 Å². The highest BCUT2D eigenvalue weighted by atomic mass is 16.5. The van der Waals surface area contributed by atoms with Gasteiger partial charge in [-0.25, -0.2) is 0 Å². The quantitative estimate of drug-likeness (QED) is 0.733. The topological polar surface area (TPSA) is 44.5 Å². The Labute approximate surface area is 123 Å². The molecular formula is C17H29NO2. The molecule has 3 heteroatoms. The summed E-state index contributed by atoms with van der Waals surface area (Å²) in [7, 11) is 0. The summed E-state index contributed by atoms with van der Waals surface area (Å²) >= 11 is 0. The molecule has 0 saturated heterocycles. The molecular weight excluding hydrogens is 250 g/mol. The molecule has 0 aliphatic rings. The van der Waals surface area contributed by atoms with E-state index in [1.807, 2.05) is 24.3 Å². The van der Waals surface area contributed by atoms with E-state index in [9.17, 15) is 0 Å². The Morgan fingerprint density at radius 1 is 1.10 bits per heavy atom. The Morgan fingerprint density at radius 2 is 1.75 bits per heavy atom. The molecule has 1 unspecified atom stereocenters. The Kier molecular flexibility index (Phi) is 7.03. The highest BCUT2D eigenvalue weighted by Crippen LogP contribution is 2.19. The van der Waals surface area contributed by atoms with E-state index in [-0.39, 0.29) is 6.04 Å². The predicted molar refractivity (Wildman–Crippen MR) is 84.0 cm³/mol. The average Bonchev–Trinajstić information content (AvgIpc) is 2.40. The molecule has 0 heterocycles. The fourth-order valence-corrected chi connectivity index (χ4v) is 1.72. The molecule has 1 rings (SSSR count). The highest BCUT2D eigenvalue weighted by molar-refractivity contribution is 5.29. The Hall–Kier alpha value is -1.06. The molecule has 0 fully saturated rings. The third kappa shape index (κ3) is 6.92. The molecule has 0 saturated carbocycles. The van der Waals surface area contributed by atoms with Crippen molar-refractivity contribution < 1.29 is 9.47 Å². The number of ether oxygens (including phenoxy) is 2. The summed E-state index contributed by atoms with van der Waals surface area (Å²) in [5.74, 6) is 0.899. The minimum atomic E-state index is -0.0739. The first-order valence-corrected chi connectivity index (χ1v) is 7.48. The largest absolute Gasteiger partial charge is 0.494 e. The van der Waals surface area contributed by atoms with Crippen LogP contribution in [0.4, 0.5) is 0 Å². The van der Waals surface area contributed by atoms with E-state index in [1.165, 1.54) is 0 Å². The van der Waals surface area contributed by atoms with Gasteiger partial charge in [0.25, 0.3) is 0 Å². The average molecular weight is 279 g/mol. The monoisotopic (exact) mass is 279 g/mol. The normalized spacial score (nSPS) is 13.2. The third-order valence-corrected chi connectivity index (χ3v) is 3.07. The summed E-state index contributed by atoms with van der Waals surface area (Å²) in [4.78, 5) is 0. The van der Waals surface area contributed by atoms with Gasteiger partial charge in [-0.3, -0.25) is 0 Å². The summed E-state index contributed by atoms with van der Waals surface area (Å²) in [6.45, 7) is 10.8. The van der Waals surface area contributed by atoms with Crippen molar-refractivity contribution in [1.82, 2.24) is 0 Å². The lowest BCUT2D eigenvalue weighted by Crippen LogP contribution is -2.19. The van der Waals surface area contributed by atoms with Crippen LogP contribution in [-0.4, -0.2) is 19.8 Å². The van der Waals surface area contributed by atoms with Gasteiger partial charge < -0.3 is 15.2 Å². The van der Waals surface area contributed by atoms with Gasteiger partial charge >= 0.3 is 0 Å². The number of benzene rings is 1. The van der Waals surface area contributed by atoms with Crippen molar-refractivity contribution >= 4 is 0 Å². The van der Waals surface area contributed by atoms with Crippen molar-refractivity contribution in [3.63, 3.8) is 0 Å². The minimum absolute atomic E-state index is 0.0739. The van der Waals surface area contributed by atoms with Crippen LogP contribution in [0, 0.1) is 5.41 Å². The summed E-state index contributed by atoms with van der Waals surface area (Å²) in [5.41, 5.74) is 7.52. The van der Waals surface area contributed by atoms with Crippen LogP contribution >= 0.6 is 0 Å². The van der Waals surface area contributed by atoms with Crippen molar-refractivity contribution in [3.05, 3.63) is 29.8 Å². The van der Waals surface area contributed by atoms with Gasteiger partial charge in [0, 0.05) is 6.61 Å². The van der Waals surface area contributed by atoms with E-state index in [4.69, 9.17) is 15.2 Å². The van der Waals surface area contributed by atoms with E-state index < -0.39 is 0 Å². The maximum absolute atomic E-state index is 6.13. The SMILES string of the molecule is CCCOc1ccc(C(N)COCCC(C)(C)C)cc1. The molecule has 0 amide bonds. The van der Waals surface area contributed by atoms with Gasteiger partial charge in [0.15, 0.2) is 0 Å². The molecule has 1 aromatic rings. The fourth-order valence-electron chi connectivity index (χ4n) is 1.72. The fraction of sp³-hybridized carbons (Fsp3) is 0.647. The molecule has 0 aliphatic heterocycles. The standard InChI is InChI=1S/C17H29NO2/c1-5-11-20-15-8-6-14(7-9-15)16(18)13-19-12-10-17(2,3)4/h6-9,16H,5,10-13,18H2,1-4H3. The van der Waals surface area contributed by atoms with Gasteiger partial charge in [-0.2, -0.15) is 0 Å². The number of hydrogen-bond acceptors (Lipinski definition) is 3. The second-order valence-electron chi connectivity index (χ2n) is 6.41. The molecule has 3 nitrogen and oxygen atoms in total. The Balaban J connectivity index is 2.34. The highest BCUT2D eigenvalue weighted by Gasteiger charge is 2.11. The first-order valence-electron chi connectivity index (χ1n) is 7.48. The van der Waals surface area contributed by atoms with Crippen LogP contribution in [0.15, 0.2) is 24.3 Å². The molecule has 20 heavy (non-hydrogen) atoms. The van der Waals surface area contributed by atoms with Crippen LogP contribution in [0.5, 0.6) is 5.75 Å². The molecule has 1 aromatic carbocycles. The van der Waals surface area contributed by atoms with Crippen LogP contribution < -0.4 is 10.5 Å². The van der Waals surface area contributed by atoms with Crippen molar-refractivity contribution in [1.29, 1.82) is 0 Å². The minimum Gasteiger partial charge on any atom is -0.494 e. The lowest BCUT2D eigenvalue weighted by Gasteiger charge is -2.19. The number of rotatable bonds is 8. The molecule has 0 radical (unpaired) electrons. The summed E-state index contributed by atoms with van der Waals surface area (Å²) in [6, 6.07) is 7.90. The first-order chi connectivity index (χ1) is 9.42. The van der Waals surface area contributed by atoms with Gasteiger partial charge in [-0.15, -0.1) is 0 Å². The maximum Gasteiger partial charge on any atom is 0.119 e. The molecule has 0 aliphatic carbocycles. The van der Waals surface area contributed by atoms with Gasteiger partial charge in [0.1, 0.15) is 5.75 Å². The van der Waals surface area contributed by atoms with Gasteiger partial charge in [0.05, 0.1) is 19.3 Å².